The predicted octanol–water partition coefficient (Wildman–Crippen LogP) is 2.81. The Balaban J connectivity index is 1.60. The highest BCUT2D eigenvalue weighted by Crippen LogP contribution is 2.18. The fraction of sp³-hybridized carbons (Fsp3) is 0.400. The van der Waals surface area contributed by atoms with E-state index in [-0.39, 0.29) is 16.5 Å². The second-order valence-electron chi connectivity index (χ2n) is 6.83. The van der Waals surface area contributed by atoms with Crippen LogP contribution in [0.1, 0.15) is 28.8 Å². The van der Waals surface area contributed by atoms with Gasteiger partial charge >= 0.3 is 0 Å². The summed E-state index contributed by atoms with van der Waals surface area (Å²) in [6.07, 6.45) is 4.50. The predicted molar refractivity (Wildman–Crippen MR) is 104 cm³/mol. The summed E-state index contributed by atoms with van der Waals surface area (Å²) >= 11 is 5.85. The van der Waals surface area contributed by atoms with Crippen LogP contribution in [0.4, 0.5) is 0 Å². The lowest BCUT2D eigenvalue weighted by Crippen LogP contribution is -2.49. The van der Waals surface area contributed by atoms with Crippen molar-refractivity contribution in [2.24, 2.45) is 0 Å². The average Bonchev–Trinajstić information content (AvgIpc) is 2.68. The Morgan fingerprint density at radius 1 is 1.35 bits per heavy atom. The molecule has 0 bridgehead atoms. The number of hydrogen-bond donors (Lipinski definition) is 1. The van der Waals surface area contributed by atoms with E-state index in [4.69, 9.17) is 11.6 Å². The summed E-state index contributed by atoms with van der Waals surface area (Å²) in [4.78, 5) is 30.8. The molecule has 2 heterocycles. The lowest BCUT2D eigenvalue weighted by molar-refractivity contribution is 0.0611. The van der Waals surface area contributed by atoms with E-state index < -0.39 is 0 Å². The number of rotatable bonds is 5. The van der Waals surface area contributed by atoms with Gasteiger partial charge in [0.25, 0.3) is 11.5 Å². The zero-order chi connectivity index (χ0) is 18.5. The third kappa shape index (κ3) is 4.54. The van der Waals surface area contributed by atoms with E-state index in [1.165, 1.54) is 17.8 Å². The third-order valence-electron chi connectivity index (χ3n) is 5.01. The van der Waals surface area contributed by atoms with Crippen molar-refractivity contribution >= 4 is 17.5 Å². The molecular formula is C20H24ClN3O2. The van der Waals surface area contributed by atoms with Crippen LogP contribution in [0.25, 0.3) is 0 Å². The van der Waals surface area contributed by atoms with Gasteiger partial charge in [-0.1, -0.05) is 41.9 Å². The van der Waals surface area contributed by atoms with Crippen LogP contribution in [0, 0.1) is 0 Å². The summed E-state index contributed by atoms with van der Waals surface area (Å²) in [6.45, 7) is 2.39. The molecule has 0 radical (unpaired) electrons. The van der Waals surface area contributed by atoms with Gasteiger partial charge in [0.05, 0.1) is 5.56 Å². The Hall–Kier alpha value is -2.11. The molecule has 5 nitrogen and oxygen atoms in total. The molecule has 1 saturated heterocycles. The summed E-state index contributed by atoms with van der Waals surface area (Å²) in [5, 5.41) is 0.0457. The van der Waals surface area contributed by atoms with E-state index in [0.717, 1.165) is 32.4 Å². The topological polar surface area (TPSA) is 56.4 Å². The second-order valence-corrected chi connectivity index (χ2v) is 7.24. The minimum absolute atomic E-state index is 0.0457. The Morgan fingerprint density at radius 3 is 2.85 bits per heavy atom. The standard InChI is InChI=1S/C20H24ClN3O2/c1-23(11-9-15-6-3-2-4-7-15)17-8-5-10-24(14-17)20(26)16-12-18(21)19(25)22-13-16/h2-4,6-7,12-13,17H,5,8-11,14H2,1H3,(H,22,25)/t17-/m0/s1. The number of benzene rings is 1. The summed E-state index contributed by atoms with van der Waals surface area (Å²) in [6, 6.07) is 12.2. The van der Waals surface area contributed by atoms with Crippen molar-refractivity contribution in [1.29, 1.82) is 0 Å². The fourth-order valence-corrected chi connectivity index (χ4v) is 3.57. The van der Waals surface area contributed by atoms with Gasteiger partial charge in [-0.25, -0.2) is 0 Å². The number of likely N-dealkylation sites (tertiary alicyclic amines) is 1. The molecule has 3 rings (SSSR count). The number of pyridine rings is 1. The van der Waals surface area contributed by atoms with Crippen molar-refractivity contribution in [3.63, 3.8) is 0 Å². The average molecular weight is 374 g/mol. The van der Waals surface area contributed by atoms with E-state index in [9.17, 15) is 9.59 Å². The number of carbonyl (C=O) groups is 1. The normalized spacial score (nSPS) is 17.5. The van der Waals surface area contributed by atoms with Gasteiger partial charge in [-0.3, -0.25) is 9.59 Å². The number of likely N-dealkylation sites (N-methyl/N-ethyl adjacent to an activating group) is 1. The molecule has 1 aliphatic heterocycles. The SMILES string of the molecule is CN(CCc1ccccc1)[C@H]1CCCN(C(=O)c2c[nH]c(=O)c(Cl)c2)C1. The lowest BCUT2D eigenvalue weighted by atomic mass is 10.0. The first-order valence-electron chi connectivity index (χ1n) is 8.96. The van der Waals surface area contributed by atoms with Crippen LogP contribution in [0.3, 0.4) is 0 Å². The maximum absolute atomic E-state index is 12.7. The first kappa shape index (κ1) is 18.7. The molecule has 138 valence electrons. The Labute approximate surface area is 158 Å². The maximum Gasteiger partial charge on any atom is 0.266 e. The number of aromatic nitrogens is 1. The molecule has 1 aromatic carbocycles. The number of aromatic amines is 1. The third-order valence-corrected chi connectivity index (χ3v) is 5.29. The summed E-state index contributed by atoms with van der Waals surface area (Å²) < 4.78 is 0. The molecule has 1 amide bonds. The van der Waals surface area contributed by atoms with Gasteiger partial charge in [-0.05, 0) is 37.9 Å². The van der Waals surface area contributed by atoms with Crippen molar-refractivity contribution in [2.75, 3.05) is 26.7 Å². The molecule has 1 fully saturated rings. The van der Waals surface area contributed by atoms with E-state index in [0.29, 0.717) is 18.2 Å². The number of hydrogen-bond acceptors (Lipinski definition) is 3. The number of amides is 1. The molecule has 1 atom stereocenters. The van der Waals surface area contributed by atoms with Crippen molar-refractivity contribution in [2.45, 2.75) is 25.3 Å². The molecule has 26 heavy (non-hydrogen) atoms. The van der Waals surface area contributed by atoms with Crippen LogP contribution >= 0.6 is 11.6 Å². The number of piperidine rings is 1. The van der Waals surface area contributed by atoms with Crippen LogP contribution < -0.4 is 5.56 Å². The highest BCUT2D eigenvalue weighted by molar-refractivity contribution is 6.30. The van der Waals surface area contributed by atoms with E-state index in [2.05, 4.69) is 41.2 Å². The van der Waals surface area contributed by atoms with Gasteiger partial charge in [0.1, 0.15) is 5.02 Å². The maximum atomic E-state index is 12.7. The number of carbonyl (C=O) groups excluding carboxylic acids is 1. The largest absolute Gasteiger partial charge is 0.337 e. The van der Waals surface area contributed by atoms with Gasteiger partial charge in [-0.15, -0.1) is 0 Å². The summed E-state index contributed by atoms with van der Waals surface area (Å²) in [7, 11) is 2.12. The van der Waals surface area contributed by atoms with Gasteiger partial charge < -0.3 is 14.8 Å². The molecule has 6 heteroatoms. The Morgan fingerprint density at radius 2 is 2.12 bits per heavy atom. The van der Waals surface area contributed by atoms with Crippen molar-refractivity contribution in [3.05, 3.63) is 69.1 Å². The Bertz CT molecular complexity index is 806. The Kier molecular flexibility index (Phi) is 6.12. The summed E-state index contributed by atoms with van der Waals surface area (Å²) in [5.74, 6) is -0.0793. The molecule has 1 N–H and O–H groups in total. The lowest BCUT2D eigenvalue weighted by Gasteiger charge is -2.37. The van der Waals surface area contributed by atoms with Crippen LogP contribution in [-0.2, 0) is 6.42 Å². The first-order chi connectivity index (χ1) is 12.5. The molecule has 1 aliphatic rings. The zero-order valence-electron chi connectivity index (χ0n) is 15.0. The van der Waals surface area contributed by atoms with Crippen molar-refractivity contribution in [3.8, 4) is 0 Å². The van der Waals surface area contributed by atoms with Gasteiger partial charge in [0, 0.05) is 31.9 Å². The number of nitrogens with one attached hydrogen (secondary N) is 1. The molecule has 0 aliphatic carbocycles. The van der Waals surface area contributed by atoms with Crippen molar-refractivity contribution < 1.29 is 4.79 Å². The quantitative estimate of drug-likeness (QED) is 0.876. The number of halogens is 1. The highest BCUT2D eigenvalue weighted by atomic mass is 35.5. The summed E-state index contributed by atoms with van der Waals surface area (Å²) in [5.41, 5.74) is 1.38. The minimum atomic E-state index is -0.375. The van der Waals surface area contributed by atoms with E-state index >= 15 is 0 Å². The highest BCUT2D eigenvalue weighted by Gasteiger charge is 2.27. The van der Waals surface area contributed by atoms with E-state index in [1.54, 1.807) is 0 Å². The molecule has 0 spiro atoms. The van der Waals surface area contributed by atoms with Crippen LogP contribution in [0.5, 0.6) is 0 Å². The first-order valence-corrected chi connectivity index (χ1v) is 9.34. The van der Waals surface area contributed by atoms with E-state index in [1.807, 2.05) is 11.0 Å². The number of nitrogens with zero attached hydrogens (tertiary/aromatic N) is 2. The zero-order valence-corrected chi connectivity index (χ0v) is 15.7. The molecule has 2 aromatic rings. The monoisotopic (exact) mass is 373 g/mol. The fourth-order valence-electron chi connectivity index (χ4n) is 3.39. The van der Waals surface area contributed by atoms with Crippen molar-refractivity contribution in [1.82, 2.24) is 14.8 Å². The van der Waals surface area contributed by atoms with Crippen LogP contribution in [0.15, 0.2) is 47.4 Å². The van der Waals surface area contributed by atoms with Crippen LogP contribution in [-0.4, -0.2) is 53.4 Å². The molecule has 0 unspecified atom stereocenters. The molecule has 0 saturated carbocycles. The minimum Gasteiger partial charge on any atom is -0.337 e. The van der Waals surface area contributed by atoms with Gasteiger partial charge in [-0.2, -0.15) is 0 Å². The van der Waals surface area contributed by atoms with Crippen LogP contribution in [0.2, 0.25) is 5.02 Å². The number of H-pyrrole nitrogens is 1. The smallest absolute Gasteiger partial charge is 0.266 e. The second kappa shape index (κ2) is 8.52. The van der Waals surface area contributed by atoms with Gasteiger partial charge in [0.2, 0.25) is 0 Å². The van der Waals surface area contributed by atoms with Gasteiger partial charge in [0.15, 0.2) is 0 Å². The molecular weight excluding hydrogens is 350 g/mol. The molecule has 1 aromatic heterocycles.